The fourth-order valence-corrected chi connectivity index (χ4v) is 4.86. The minimum atomic E-state index is 0.446. The van der Waals surface area contributed by atoms with Gasteiger partial charge in [0, 0.05) is 17.1 Å². The molecule has 2 aromatic rings. The van der Waals surface area contributed by atoms with E-state index >= 15 is 0 Å². The van der Waals surface area contributed by atoms with Gasteiger partial charge in [-0.15, -0.1) is 11.3 Å². The average molecular weight is 301 g/mol. The number of hydrogen-bond acceptors (Lipinski definition) is 3. The Labute approximate surface area is 130 Å². The molecule has 1 atom stereocenters. The second-order valence-electron chi connectivity index (χ2n) is 6.44. The first kappa shape index (κ1) is 13.4. The van der Waals surface area contributed by atoms with Crippen molar-refractivity contribution in [1.29, 1.82) is 0 Å². The van der Waals surface area contributed by atoms with Gasteiger partial charge in [-0.3, -0.25) is 0 Å². The molecule has 0 spiro atoms. The minimum absolute atomic E-state index is 0.446. The molecular weight excluding hydrogens is 278 g/mol. The van der Waals surface area contributed by atoms with Crippen molar-refractivity contribution in [2.75, 3.05) is 5.32 Å². The summed E-state index contributed by atoms with van der Waals surface area (Å²) >= 11 is 1.91. The summed E-state index contributed by atoms with van der Waals surface area (Å²) in [6.07, 6.45) is 11.3. The first-order valence-corrected chi connectivity index (χ1v) is 9.07. The lowest BCUT2D eigenvalue weighted by atomic mass is 9.94. The van der Waals surface area contributed by atoms with E-state index in [1.807, 2.05) is 11.3 Å². The molecule has 3 nitrogen and oxygen atoms in total. The molecule has 0 saturated heterocycles. The van der Waals surface area contributed by atoms with E-state index in [1.54, 1.807) is 4.88 Å². The van der Waals surface area contributed by atoms with Crippen LogP contribution in [0.5, 0.6) is 0 Å². The van der Waals surface area contributed by atoms with Gasteiger partial charge in [-0.25, -0.2) is 4.98 Å². The lowest BCUT2D eigenvalue weighted by Gasteiger charge is -2.25. The van der Waals surface area contributed by atoms with Crippen LogP contribution in [0, 0.1) is 6.92 Å². The minimum Gasteiger partial charge on any atom is -0.349 e. The Morgan fingerprint density at radius 3 is 2.95 bits per heavy atom. The predicted octanol–water partition coefficient (Wildman–Crippen LogP) is 4.86. The number of rotatable bonds is 3. The Bertz CT molecular complexity index is 622. The highest BCUT2D eigenvalue weighted by atomic mass is 32.1. The van der Waals surface area contributed by atoms with Crippen molar-refractivity contribution in [2.45, 2.75) is 64.0 Å². The van der Waals surface area contributed by atoms with Gasteiger partial charge in [0.25, 0.3) is 0 Å². The summed E-state index contributed by atoms with van der Waals surface area (Å²) in [6, 6.07) is 3.40. The smallest absolute Gasteiger partial charge is 0.203 e. The highest BCUT2D eigenvalue weighted by Crippen LogP contribution is 2.37. The fraction of sp³-hybridized carbons (Fsp3) is 0.588. The van der Waals surface area contributed by atoms with Crippen molar-refractivity contribution in [3.63, 3.8) is 0 Å². The topological polar surface area (TPSA) is 29.9 Å². The van der Waals surface area contributed by atoms with Gasteiger partial charge in [0.15, 0.2) is 0 Å². The Hall–Kier alpha value is -1.29. The second kappa shape index (κ2) is 5.48. The highest BCUT2D eigenvalue weighted by Gasteiger charge is 2.25. The van der Waals surface area contributed by atoms with Crippen LogP contribution in [0.1, 0.15) is 66.7 Å². The maximum absolute atomic E-state index is 4.76. The summed E-state index contributed by atoms with van der Waals surface area (Å²) in [5.41, 5.74) is 2.63. The summed E-state index contributed by atoms with van der Waals surface area (Å²) < 4.78 is 2.41. The maximum Gasteiger partial charge on any atom is 0.203 e. The third-order valence-corrected chi connectivity index (χ3v) is 5.92. The number of hydrogen-bond donors (Lipinski definition) is 1. The van der Waals surface area contributed by atoms with Crippen LogP contribution in [0.2, 0.25) is 0 Å². The molecule has 112 valence electrons. The van der Waals surface area contributed by atoms with Gasteiger partial charge in [-0.05, 0) is 56.0 Å². The molecule has 0 aromatic carbocycles. The van der Waals surface area contributed by atoms with Crippen molar-refractivity contribution in [1.82, 2.24) is 9.55 Å². The SMILES string of the molecule is Cc1cn(C2CCCC2)c(NC2CCCc3sccc32)n1. The number of thiophene rings is 1. The first-order valence-electron chi connectivity index (χ1n) is 8.19. The van der Waals surface area contributed by atoms with E-state index < -0.39 is 0 Å². The molecule has 1 saturated carbocycles. The lowest BCUT2D eigenvalue weighted by Crippen LogP contribution is -2.19. The summed E-state index contributed by atoms with van der Waals surface area (Å²) in [5.74, 6) is 1.09. The zero-order valence-electron chi connectivity index (χ0n) is 12.6. The van der Waals surface area contributed by atoms with Crippen molar-refractivity contribution >= 4 is 17.3 Å². The van der Waals surface area contributed by atoms with Crippen LogP contribution >= 0.6 is 11.3 Å². The highest BCUT2D eigenvalue weighted by molar-refractivity contribution is 7.10. The van der Waals surface area contributed by atoms with E-state index in [2.05, 4.69) is 34.5 Å². The Kier molecular flexibility index (Phi) is 3.49. The van der Waals surface area contributed by atoms with Gasteiger partial charge >= 0.3 is 0 Å². The Morgan fingerprint density at radius 2 is 2.10 bits per heavy atom. The molecule has 2 aliphatic carbocycles. The zero-order valence-corrected chi connectivity index (χ0v) is 13.5. The molecule has 0 aliphatic heterocycles. The summed E-state index contributed by atoms with van der Waals surface area (Å²) in [4.78, 5) is 6.33. The number of aryl methyl sites for hydroxylation is 2. The van der Waals surface area contributed by atoms with Gasteiger partial charge in [-0.1, -0.05) is 12.8 Å². The molecule has 2 heterocycles. The number of aromatic nitrogens is 2. The summed E-state index contributed by atoms with van der Waals surface area (Å²) in [7, 11) is 0. The number of fused-ring (bicyclic) bond motifs is 1. The standard InChI is InChI=1S/C17H23N3S/c1-12-11-20(13-5-2-3-6-13)17(18-12)19-15-7-4-8-16-14(15)9-10-21-16/h9-11,13,15H,2-8H2,1H3,(H,18,19). The molecule has 1 unspecified atom stereocenters. The van der Waals surface area contributed by atoms with Crippen molar-refractivity contribution < 1.29 is 0 Å². The van der Waals surface area contributed by atoms with Crippen LogP contribution in [0.4, 0.5) is 5.95 Å². The number of nitrogens with one attached hydrogen (secondary N) is 1. The van der Waals surface area contributed by atoms with E-state index in [-0.39, 0.29) is 0 Å². The van der Waals surface area contributed by atoms with Crippen LogP contribution in [-0.2, 0) is 6.42 Å². The van der Waals surface area contributed by atoms with E-state index in [0.29, 0.717) is 12.1 Å². The number of imidazole rings is 1. The molecule has 2 aromatic heterocycles. The third-order valence-electron chi connectivity index (χ3n) is 4.93. The van der Waals surface area contributed by atoms with Crippen LogP contribution in [0.15, 0.2) is 17.6 Å². The molecule has 2 aliphatic rings. The third kappa shape index (κ3) is 2.50. The lowest BCUT2D eigenvalue weighted by molar-refractivity contribution is 0.514. The van der Waals surface area contributed by atoms with Crippen molar-refractivity contribution in [3.8, 4) is 0 Å². The summed E-state index contributed by atoms with van der Waals surface area (Å²) in [5, 5.41) is 5.98. The molecule has 0 bridgehead atoms. The number of nitrogens with zero attached hydrogens (tertiary/aromatic N) is 2. The summed E-state index contributed by atoms with van der Waals surface area (Å²) in [6.45, 7) is 2.10. The number of anilines is 1. The van der Waals surface area contributed by atoms with E-state index in [9.17, 15) is 0 Å². The quantitative estimate of drug-likeness (QED) is 0.877. The van der Waals surface area contributed by atoms with Crippen LogP contribution in [0.3, 0.4) is 0 Å². The van der Waals surface area contributed by atoms with Gasteiger partial charge in [-0.2, -0.15) is 0 Å². The van der Waals surface area contributed by atoms with Crippen molar-refractivity contribution in [2.24, 2.45) is 0 Å². The first-order chi connectivity index (χ1) is 10.3. The zero-order chi connectivity index (χ0) is 14.2. The predicted molar refractivity (Wildman–Crippen MR) is 88.1 cm³/mol. The molecule has 0 radical (unpaired) electrons. The largest absolute Gasteiger partial charge is 0.349 e. The molecule has 4 heteroatoms. The molecule has 21 heavy (non-hydrogen) atoms. The van der Waals surface area contributed by atoms with Crippen LogP contribution < -0.4 is 5.32 Å². The second-order valence-corrected chi connectivity index (χ2v) is 7.44. The Balaban J connectivity index is 1.61. The van der Waals surface area contributed by atoms with E-state index in [0.717, 1.165) is 11.6 Å². The van der Waals surface area contributed by atoms with Gasteiger partial charge in [0.2, 0.25) is 5.95 Å². The molecule has 1 fully saturated rings. The van der Waals surface area contributed by atoms with E-state index in [4.69, 9.17) is 4.98 Å². The Morgan fingerprint density at radius 1 is 1.24 bits per heavy atom. The maximum atomic E-state index is 4.76. The molecule has 0 amide bonds. The van der Waals surface area contributed by atoms with Crippen LogP contribution in [-0.4, -0.2) is 9.55 Å². The average Bonchev–Trinajstić information content (AvgIpc) is 3.18. The van der Waals surface area contributed by atoms with E-state index in [1.165, 1.54) is 50.5 Å². The molecule has 1 N–H and O–H groups in total. The van der Waals surface area contributed by atoms with Crippen molar-refractivity contribution in [3.05, 3.63) is 33.8 Å². The molecular formula is C17H23N3S. The van der Waals surface area contributed by atoms with Crippen LogP contribution in [0.25, 0.3) is 0 Å². The van der Waals surface area contributed by atoms with Gasteiger partial charge < -0.3 is 9.88 Å². The molecule has 4 rings (SSSR count). The fourth-order valence-electron chi connectivity index (χ4n) is 3.88. The normalized spacial score (nSPS) is 22.4. The van der Waals surface area contributed by atoms with Gasteiger partial charge in [0.1, 0.15) is 0 Å². The van der Waals surface area contributed by atoms with Gasteiger partial charge in [0.05, 0.1) is 11.7 Å². The monoisotopic (exact) mass is 301 g/mol.